The lowest BCUT2D eigenvalue weighted by Gasteiger charge is -2.07. The van der Waals surface area contributed by atoms with Gasteiger partial charge >= 0.3 is 11.7 Å². The number of carboxylic acids is 1. The molecule has 11 heteroatoms. The fraction of sp³-hybridized carbons (Fsp3) is 0. The van der Waals surface area contributed by atoms with Crippen LogP contribution in [0, 0.1) is 20.2 Å². The number of phenols is 1. The number of hydrogen-bond donors (Lipinski definition) is 2. The third-order valence-corrected chi connectivity index (χ3v) is 3.86. The molecule has 3 aromatic rings. The molecule has 0 aromatic heterocycles. The summed E-state index contributed by atoms with van der Waals surface area (Å²) in [6.45, 7) is 0. The highest BCUT2D eigenvalue weighted by Gasteiger charge is 2.20. The minimum atomic E-state index is -1.39. The fourth-order valence-corrected chi connectivity index (χ4v) is 2.55. The standard InChI is InChI=1S/C17H10N4O7/c22-16-11-4-2-1-3-10(11)14(8-12(16)17(23)24)19-18-13-6-5-9(20(25)26)7-15(13)21(27)28/h1-8,22H,(H,23,24). The van der Waals surface area contributed by atoms with Crippen LogP contribution in [-0.4, -0.2) is 26.0 Å². The first-order valence-electron chi connectivity index (χ1n) is 7.62. The van der Waals surface area contributed by atoms with Crippen LogP contribution >= 0.6 is 0 Å². The summed E-state index contributed by atoms with van der Waals surface area (Å²) in [4.78, 5) is 31.7. The van der Waals surface area contributed by atoms with Gasteiger partial charge in [-0.2, -0.15) is 0 Å². The maximum Gasteiger partial charge on any atom is 0.339 e. The first-order valence-corrected chi connectivity index (χ1v) is 7.62. The van der Waals surface area contributed by atoms with E-state index in [1.807, 2.05) is 0 Å². The lowest BCUT2D eigenvalue weighted by Crippen LogP contribution is -1.97. The van der Waals surface area contributed by atoms with Crippen LogP contribution in [0.4, 0.5) is 22.7 Å². The fourth-order valence-electron chi connectivity index (χ4n) is 2.55. The van der Waals surface area contributed by atoms with E-state index >= 15 is 0 Å². The minimum absolute atomic E-state index is 0.0541. The van der Waals surface area contributed by atoms with Gasteiger partial charge in [-0.15, -0.1) is 10.2 Å². The van der Waals surface area contributed by atoms with Gasteiger partial charge in [0.15, 0.2) is 5.69 Å². The number of nitro groups is 2. The van der Waals surface area contributed by atoms with E-state index < -0.39 is 38.5 Å². The van der Waals surface area contributed by atoms with Crippen LogP contribution in [0.15, 0.2) is 58.8 Å². The zero-order valence-corrected chi connectivity index (χ0v) is 13.8. The number of aromatic hydroxyl groups is 1. The summed E-state index contributed by atoms with van der Waals surface area (Å²) in [6.07, 6.45) is 0. The molecule has 0 saturated heterocycles. The number of carboxylic acid groups (broad SMARTS) is 1. The Labute approximate surface area is 155 Å². The maximum atomic E-state index is 11.4. The highest BCUT2D eigenvalue weighted by atomic mass is 16.6. The van der Waals surface area contributed by atoms with Crippen molar-refractivity contribution in [2.75, 3.05) is 0 Å². The SMILES string of the molecule is O=C(O)c1cc(N=Nc2ccc([N+](=O)[O-])cc2[N+](=O)[O-])c2ccccc2c1O. The van der Waals surface area contributed by atoms with Gasteiger partial charge in [0.2, 0.25) is 0 Å². The number of nitrogens with zero attached hydrogens (tertiary/aromatic N) is 4. The molecule has 2 N–H and O–H groups in total. The molecule has 28 heavy (non-hydrogen) atoms. The maximum absolute atomic E-state index is 11.4. The van der Waals surface area contributed by atoms with Crippen LogP contribution in [0.2, 0.25) is 0 Å². The monoisotopic (exact) mass is 382 g/mol. The van der Waals surface area contributed by atoms with Gasteiger partial charge in [-0.25, -0.2) is 4.79 Å². The van der Waals surface area contributed by atoms with Gasteiger partial charge in [0.1, 0.15) is 11.3 Å². The second-order valence-electron chi connectivity index (χ2n) is 5.53. The molecule has 0 radical (unpaired) electrons. The van der Waals surface area contributed by atoms with E-state index in [4.69, 9.17) is 0 Å². The normalized spacial score (nSPS) is 11.0. The number of azo groups is 1. The van der Waals surface area contributed by atoms with Gasteiger partial charge in [-0.1, -0.05) is 24.3 Å². The lowest BCUT2D eigenvalue weighted by molar-refractivity contribution is -0.393. The molecule has 0 atom stereocenters. The largest absolute Gasteiger partial charge is 0.506 e. The predicted octanol–water partition coefficient (Wildman–Crippen LogP) is 4.48. The van der Waals surface area contributed by atoms with Crippen LogP contribution < -0.4 is 0 Å². The van der Waals surface area contributed by atoms with Crippen molar-refractivity contribution in [2.24, 2.45) is 10.2 Å². The molecule has 0 saturated carbocycles. The third kappa shape index (κ3) is 3.31. The third-order valence-electron chi connectivity index (χ3n) is 3.86. The van der Waals surface area contributed by atoms with Crippen molar-refractivity contribution in [1.82, 2.24) is 0 Å². The molecule has 11 nitrogen and oxygen atoms in total. The molecule has 0 amide bonds. The summed E-state index contributed by atoms with van der Waals surface area (Å²) in [5.41, 5.74) is -1.71. The zero-order valence-electron chi connectivity index (χ0n) is 13.8. The molecular weight excluding hydrogens is 372 g/mol. The van der Waals surface area contributed by atoms with Crippen molar-refractivity contribution in [2.45, 2.75) is 0 Å². The van der Waals surface area contributed by atoms with Gasteiger partial charge in [-0.05, 0) is 12.1 Å². The van der Waals surface area contributed by atoms with Crippen molar-refractivity contribution < 1.29 is 24.9 Å². The number of non-ortho nitro benzene ring substituents is 1. The molecule has 0 aliphatic rings. The summed E-state index contributed by atoms with van der Waals surface area (Å²) in [6, 6.07) is 10.2. The van der Waals surface area contributed by atoms with Crippen molar-refractivity contribution in [3.63, 3.8) is 0 Å². The summed E-state index contributed by atoms with van der Waals surface area (Å²) < 4.78 is 0. The van der Waals surface area contributed by atoms with E-state index in [0.29, 0.717) is 5.39 Å². The molecule has 0 aliphatic carbocycles. The number of fused-ring (bicyclic) bond motifs is 1. The summed E-state index contributed by atoms with van der Waals surface area (Å²) in [7, 11) is 0. The van der Waals surface area contributed by atoms with Gasteiger partial charge < -0.3 is 10.2 Å². The Hall–Kier alpha value is -4.41. The van der Waals surface area contributed by atoms with Crippen LogP contribution in [0.1, 0.15) is 10.4 Å². The number of nitro benzene ring substituents is 2. The van der Waals surface area contributed by atoms with Crippen molar-refractivity contribution >= 4 is 39.5 Å². The quantitative estimate of drug-likeness (QED) is 0.372. The molecule has 3 aromatic carbocycles. The van der Waals surface area contributed by atoms with E-state index in [1.165, 1.54) is 6.07 Å². The number of aromatic carboxylic acids is 1. The molecule has 140 valence electrons. The Kier molecular flexibility index (Phi) is 4.64. The van der Waals surface area contributed by atoms with E-state index in [-0.39, 0.29) is 16.8 Å². The number of benzene rings is 3. The second-order valence-corrected chi connectivity index (χ2v) is 5.53. The molecular formula is C17H10N4O7. The highest BCUT2D eigenvalue weighted by Crippen LogP contribution is 2.38. The first kappa shape index (κ1) is 18.4. The summed E-state index contributed by atoms with van der Waals surface area (Å²) >= 11 is 0. The van der Waals surface area contributed by atoms with E-state index in [1.54, 1.807) is 18.2 Å². The molecule has 0 fully saturated rings. The molecule has 3 rings (SSSR count). The van der Waals surface area contributed by atoms with Gasteiger partial charge in [-0.3, -0.25) is 20.2 Å². The smallest absolute Gasteiger partial charge is 0.339 e. The summed E-state index contributed by atoms with van der Waals surface area (Å²) in [5, 5.41) is 49.6. The van der Waals surface area contributed by atoms with Crippen LogP contribution in [0.3, 0.4) is 0 Å². The molecule has 0 unspecified atom stereocenters. The topological polar surface area (TPSA) is 169 Å². The highest BCUT2D eigenvalue weighted by molar-refractivity contribution is 6.05. The zero-order chi connectivity index (χ0) is 20.4. The van der Waals surface area contributed by atoms with Crippen molar-refractivity contribution in [3.8, 4) is 5.75 Å². The number of rotatable bonds is 5. The van der Waals surface area contributed by atoms with Crippen LogP contribution in [-0.2, 0) is 0 Å². The van der Waals surface area contributed by atoms with Crippen molar-refractivity contribution in [3.05, 3.63) is 74.3 Å². The number of carbonyl (C=O) groups is 1. The molecule has 0 heterocycles. The lowest BCUT2D eigenvalue weighted by atomic mass is 10.0. The Balaban J connectivity index is 2.17. The second kappa shape index (κ2) is 7.07. The summed E-state index contributed by atoms with van der Waals surface area (Å²) in [5.74, 6) is -1.83. The molecule has 0 bridgehead atoms. The van der Waals surface area contributed by atoms with Gasteiger partial charge in [0.05, 0.1) is 21.6 Å². The van der Waals surface area contributed by atoms with E-state index in [2.05, 4.69) is 10.2 Å². The Bertz CT molecular complexity index is 1170. The van der Waals surface area contributed by atoms with E-state index in [0.717, 1.165) is 24.3 Å². The number of hydrogen-bond acceptors (Lipinski definition) is 8. The Morgan fingerprint density at radius 2 is 1.54 bits per heavy atom. The van der Waals surface area contributed by atoms with Crippen LogP contribution in [0.25, 0.3) is 10.8 Å². The van der Waals surface area contributed by atoms with Gasteiger partial charge in [0.25, 0.3) is 5.69 Å². The van der Waals surface area contributed by atoms with E-state index in [9.17, 15) is 35.2 Å². The molecule has 0 spiro atoms. The minimum Gasteiger partial charge on any atom is -0.506 e. The van der Waals surface area contributed by atoms with Gasteiger partial charge in [0, 0.05) is 16.8 Å². The van der Waals surface area contributed by atoms with Crippen LogP contribution in [0.5, 0.6) is 5.75 Å². The average molecular weight is 382 g/mol. The molecule has 0 aliphatic heterocycles. The Morgan fingerprint density at radius 1 is 0.893 bits per heavy atom. The Morgan fingerprint density at radius 3 is 2.14 bits per heavy atom. The predicted molar refractivity (Wildman–Crippen MR) is 96.5 cm³/mol. The average Bonchev–Trinajstić information content (AvgIpc) is 2.67. The van der Waals surface area contributed by atoms with Crippen molar-refractivity contribution in [1.29, 1.82) is 0 Å². The first-order chi connectivity index (χ1) is 13.3.